The number of hydrogen-bond donors (Lipinski definition) is 1. The van der Waals surface area contributed by atoms with Crippen molar-refractivity contribution in [2.75, 3.05) is 11.6 Å². The average molecular weight is 324 g/mol. The molecule has 5 heteroatoms. The van der Waals surface area contributed by atoms with Crippen molar-refractivity contribution in [2.45, 2.75) is 13.3 Å². The van der Waals surface area contributed by atoms with Crippen molar-refractivity contribution < 1.29 is 9.18 Å². The van der Waals surface area contributed by atoms with E-state index in [1.54, 1.807) is 18.4 Å². The molecular formula is C16H15ClFNOS. The Balaban J connectivity index is 2.37. The van der Waals surface area contributed by atoms with Gasteiger partial charge < -0.3 is 5.32 Å². The zero-order valence-corrected chi connectivity index (χ0v) is 13.3. The third kappa shape index (κ3) is 3.99. The van der Waals surface area contributed by atoms with Crippen LogP contribution in [0.4, 0.5) is 15.8 Å². The molecule has 0 heterocycles. The summed E-state index contributed by atoms with van der Waals surface area (Å²) in [6.45, 7) is 1.95. The van der Waals surface area contributed by atoms with Gasteiger partial charge in [-0.3, -0.25) is 4.79 Å². The third-order valence-electron chi connectivity index (χ3n) is 3.05. The van der Waals surface area contributed by atoms with E-state index in [0.717, 1.165) is 11.1 Å². The number of carbonyl (C=O) groups excluding carboxylic acids is 1. The largest absolute Gasteiger partial charge is 0.352 e. The molecule has 0 atom stereocenters. The fraction of sp³-hybridized carbons (Fsp3) is 0.188. The molecule has 2 aromatic carbocycles. The summed E-state index contributed by atoms with van der Waals surface area (Å²) in [4.78, 5) is 11.7. The topological polar surface area (TPSA) is 29.1 Å². The van der Waals surface area contributed by atoms with Gasteiger partial charge in [0.05, 0.1) is 10.7 Å². The summed E-state index contributed by atoms with van der Waals surface area (Å²) in [5.74, 6) is -0.426. The van der Waals surface area contributed by atoms with Crippen molar-refractivity contribution in [2.24, 2.45) is 0 Å². The van der Waals surface area contributed by atoms with Crippen molar-refractivity contribution >= 4 is 39.9 Å². The molecule has 0 saturated heterocycles. The molecule has 0 fully saturated rings. The first kappa shape index (κ1) is 15.9. The van der Waals surface area contributed by atoms with Crippen LogP contribution in [0.15, 0.2) is 36.4 Å². The van der Waals surface area contributed by atoms with Gasteiger partial charge in [-0.05, 0) is 36.9 Å². The van der Waals surface area contributed by atoms with Crippen LogP contribution in [0, 0.1) is 12.7 Å². The smallest absolute Gasteiger partial charge is 0.193 e. The molecule has 0 aliphatic heterocycles. The molecule has 0 spiro atoms. The number of hydrogen-bond acceptors (Lipinski definition) is 3. The number of anilines is 2. The fourth-order valence-electron chi connectivity index (χ4n) is 1.97. The molecule has 0 amide bonds. The van der Waals surface area contributed by atoms with E-state index in [0.29, 0.717) is 10.7 Å². The number of aryl methyl sites for hydroxylation is 1. The van der Waals surface area contributed by atoms with Crippen LogP contribution >= 0.6 is 23.4 Å². The maximum absolute atomic E-state index is 13.9. The Morgan fingerprint density at radius 1 is 1.33 bits per heavy atom. The van der Waals surface area contributed by atoms with Gasteiger partial charge in [-0.15, -0.1) is 0 Å². The second-order valence-electron chi connectivity index (χ2n) is 4.64. The van der Waals surface area contributed by atoms with Crippen molar-refractivity contribution in [3.05, 3.63) is 58.4 Å². The molecule has 0 aliphatic carbocycles. The lowest BCUT2D eigenvalue weighted by atomic mass is 10.1. The van der Waals surface area contributed by atoms with E-state index in [1.165, 1.54) is 17.8 Å². The second-order valence-corrected chi connectivity index (χ2v) is 5.91. The zero-order chi connectivity index (χ0) is 15.4. The summed E-state index contributed by atoms with van der Waals surface area (Å²) in [5.41, 5.74) is 2.79. The summed E-state index contributed by atoms with van der Waals surface area (Å²) in [6.07, 6.45) is 2.04. The summed E-state index contributed by atoms with van der Waals surface area (Å²) >= 11 is 7.20. The monoisotopic (exact) mass is 323 g/mol. The minimum Gasteiger partial charge on any atom is -0.352 e. The Kier molecular flexibility index (Phi) is 5.26. The number of nitrogens with one attached hydrogen (secondary N) is 1. The minimum atomic E-state index is -0.426. The maximum atomic E-state index is 13.9. The molecule has 0 radical (unpaired) electrons. The lowest BCUT2D eigenvalue weighted by Gasteiger charge is -2.14. The van der Waals surface area contributed by atoms with Gasteiger partial charge in [0.2, 0.25) is 0 Å². The molecule has 21 heavy (non-hydrogen) atoms. The van der Waals surface area contributed by atoms with Gasteiger partial charge in [0.25, 0.3) is 0 Å². The van der Waals surface area contributed by atoms with Gasteiger partial charge >= 0.3 is 0 Å². The number of thioether (sulfide) groups is 1. The van der Waals surface area contributed by atoms with Crippen LogP contribution in [-0.2, 0) is 11.2 Å². The molecule has 1 N–H and O–H groups in total. The van der Waals surface area contributed by atoms with Gasteiger partial charge in [0.1, 0.15) is 5.82 Å². The van der Waals surface area contributed by atoms with Gasteiger partial charge in [-0.2, -0.15) is 0 Å². The Hall–Kier alpha value is -1.52. The van der Waals surface area contributed by atoms with Crippen LogP contribution < -0.4 is 5.32 Å². The van der Waals surface area contributed by atoms with E-state index in [2.05, 4.69) is 5.32 Å². The lowest BCUT2D eigenvalue weighted by Crippen LogP contribution is -2.03. The van der Waals surface area contributed by atoms with Crippen LogP contribution in [0.1, 0.15) is 11.1 Å². The van der Waals surface area contributed by atoms with Crippen molar-refractivity contribution in [3.63, 3.8) is 0 Å². The molecule has 0 saturated carbocycles. The highest BCUT2D eigenvalue weighted by Crippen LogP contribution is 2.30. The number of benzene rings is 2. The van der Waals surface area contributed by atoms with Crippen LogP contribution in [0.2, 0.25) is 5.02 Å². The Morgan fingerprint density at radius 2 is 2.10 bits per heavy atom. The molecule has 0 bridgehead atoms. The minimum absolute atomic E-state index is 0.0586. The van der Waals surface area contributed by atoms with E-state index in [4.69, 9.17) is 11.6 Å². The molecular weight excluding hydrogens is 309 g/mol. The summed E-state index contributed by atoms with van der Waals surface area (Å²) in [6, 6.07) is 10.2. The first-order chi connectivity index (χ1) is 10.0. The van der Waals surface area contributed by atoms with Gasteiger partial charge in [0.15, 0.2) is 5.12 Å². The first-order valence-electron chi connectivity index (χ1n) is 6.38. The standard InChI is InChI=1S/C16H15ClFNOS/c1-10-6-7-14(11(8-10)9-15(20)21-2)19-16-12(17)4-3-5-13(16)18/h3-8,19H,9H2,1-2H3. The maximum Gasteiger partial charge on any atom is 0.193 e. The second kappa shape index (κ2) is 6.96. The molecule has 0 aromatic heterocycles. The molecule has 2 aromatic rings. The van der Waals surface area contributed by atoms with Crippen LogP contribution in [0.5, 0.6) is 0 Å². The van der Waals surface area contributed by atoms with E-state index in [1.807, 2.05) is 25.1 Å². The van der Waals surface area contributed by atoms with Crippen molar-refractivity contribution in [1.29, 1.82) is 0 Å². The summed E-state index contributed by atoms with van der Waals surface area (Å²) in [7, 11) is 0. The number of para-hydroxylation sites is 1. The molecule has 110 valence electrons. The summed E-state index contributed by atoms with van der Waals surface area (Å²) < 4.78 is 13.9. The predicted octanol–water partition coefficient (Wildman–Crippen LogP) is 4.96. The molecule has 2 rings (SSSR count). The van der Waals surface area contributed by atoms with E-state index in [-0.39, 0.29) is 17.2 Å². The highest BCUT2D eigenvalue weighted by Gasteiger charge is 2.12. The predicted molar refractivity (Wildman–Crippen MR) is 88.1 cm³/mol. The SMILES string of the molecule is CSC(=O)Cc1cc(C)ccc1Nc1c(F)cccc1Cl. The highest BCUT2D eigenvalue weighted by molar-refractivity contribution is 8.13. The van der Waals surface area contributed by atoms with E-state index in [9.17, 15) is 9.18 Å². The van der Waals surface area contributed by atoms with Crippen molar-refractivity contribution in [3.8, 4) is 0 Å². The third-order valence-corrected chi connectivity index (χ3v) is 3.96. The lowest BCUT2D eigenvalue weighted by molar-refractivity contribution is -0.110. The summed E-state index contributed by atoms with van der Waals surface area (Å²) in [5, 5.41) is 3.36. The quantitative estimate of drug-likeness (QED) is 0.862. The van der Waals surface area contributed by atoms with Crippen molar-refractivity contribution in [1.82, 2.24) is 0 Å². The molecule has 2 nitrogen and oxygen atoms in total. The Bertz CT molecular complexity index is 655. The normalized spacial score (nSPS) is 10.5. The first-order valence-corrected chi connectivity index (χ1v) is 7.99. The zero-order valence-electron chi connectivity index (χ0n) is 11.7. The number of carbonyl (C=O) groups is 1. The van der Waals surface area contributed by atoms with E-state index < -0.39 is 5.82 Å². The fourth-order valence-corrected chi connectivity index (χ4v) is 2.48. The van der Waals surface area contributed by atoms with Gasteiger partial charge in [-0.25, -0.2) is 4.39 Å². The van der Waals surface area contributed by atoms with Crippen LogP contribution in [0.3, 0.4) is 0 Å². The van der Waals surface area contributed by atoms with Crippen LogP contribution in [0.25, 0.3) is 0 Å². The Labute approximate surface area is 132 Å². The van der Waals surface area contributed by atoms with Crippen LogP contribution in [-0.4, -0.2) is 11.4 Å². The van der Waals surface area contributed by atoms with Gasteiger partial charge in [-0.1, -0.05) is 47.1 Å². The number of rotatable bonds is 4. The average Bonchev–Trinajstić information content (AvgIpc) is 2.45. The molecule has 0 aliphatic rings. The van der Waals surface area contributed by atoms with E-state index >= 15 is 0 Å². The number of halogens is 2. The van der Waals surface area contributed by atoms with Gasteiger partial charge in [0, 0.05) is 12.1 Å². The molecule has 0 unspecified atom stereocenters. The highest BCUT2D eigenvalue weighted by atomic mass is 35.5. The Morgan fingerprint density at radius 3 is 2.76 bits per heavy atom.